The summed E-state index contributed by atoms with van der Waals surface area (Å²) in [7, 11) is 3.99. The van der Waals surface area contributed by atoms with Crippen LogP contribution in [-0.2, 0) is 29.3 Å². The molecular weight excluding hydrogens is 683 g/mol. The molecule has 1 atom stereocenters. The number of carbonyl (C=O) groups excluding carboxylic acids is 2. The third-order valence-electron chi connectivity index (χ3n) is 9.34. The first-order valence-electron chi connectivity index (χ1n) is 18.7. The molecule has 1 aromatic heterocycles. The van der Waals surface area contributed by atoms with Crippen molar-refractivity contribution in [3.63, 3.8) is 0 Å². The van der Waals surface area contributed by atoms with Crippen LogP contribution in [0.15, 0.2) is 72.0 Å². The molecular formula is C42H51N7O5. The average Bonchev–Trinajstić information content (AvgIpc) is 3.64. The van der Waals surface area contributed by atoms with E-state index >= 15 is 0 Å². The van der Waals surface area contributed by atoms with Gasteiger partial charge in [0.05, 0.1) is 36.4 Å². The smallest absolute Gasteiger partial charge is 0.408 e. The van der Waals surface area contributed by atoms with Crippen molar-refractivity contribution in [3.8, 4) is 33.9 Å². The quantitative estimate of drug-likeness (QED) is 0.104. The van der Waals surface area contributed by atoms with E-state index in [0.717, 1.165) is 82.2 Å². The van der Waals surface area contributed by atoms with E-state index in [1.54, 1.807) is 24.9 Å². The molecule has 0 saturated heterocycles. The number of rotatable bonds is 16. The third-order valence-corrected chi connectivity index (χ3v) is 9.34. The van der Waals surface area contributed by atoms with E-state index in [1.165, 1.54) is 0 Å². The number of benzene rings is 3. The van der Waals surface area contributed by atoms with E-state index in [-0.39, 0.29) is 18.6 Å². The van der Waals surface area contributed by atoms with E-state index in [2.05, 4.69) is 62.7 Å². The summed E-state index contributed by atoms with van der Waals surface area (Å²) in [6, 6.07) is 16.7. The number of amides is 2. The van der Waals surface area contributed by atoms with E-state index < -0.39 is 12.1 Å². The van der Waals surface area contributed by atoms with Crippen molar-refractivity contribution in [3.05, 3.63) is 95.1 Å². The van der Waals surface area contributed by atoms with E-state index in [0.29, 0.717) is 31.1 Å². The number of aromatic amines is 1. The second-order valence-corrected chi connectivity index (χ2v) is 13.9. The maximum absolute atomic E-state index is 14.0. The summed E-state index contributed by atoms with van der Waals surface area (Å²) in [5, 5.41) is 6.07. The van der Waals surface area contributed by atoms with Crippen LogP contribution in [0.1, 0.15) is 74.7 Å². The number of alkyl carbamates (subject to hydrolysis) is 1. The number of nitrogens with zero attached hydrogens (tertiary/aromatic N) is 4. The first kappa shape index (κ1) is 38.1. The van der Waals surface area contributed by atoms with Crippen LogP contribution in [0, 0.1) is 0 Å². The molecule has 2 amide bonds. The largest absolute Gasteiger partial charge is 0.488 e. The molecule has 3 aromatic carbocycles. The first-order valence-corrected chi connectivity index (χ1v) is 18.7. The normalized spacial score (nSPS) is 13.7. The lowest BCUT2D eigenvalue weighted by molar-refractivity contribution is -0.134. The molecule has 54 heavy (non-hydrogen) atoms. The Morgan fingerprint density at radius 2 is 1.70 bits per heavy atom. The SMILES string of the molecule is CCCN(C)C/C=N/C=C(\NC)c1cc2c3c(c1)OCc1cc(-c4cnc(CN(CCC)C(=O)[C@H](NC(=O)OC(C)C)c5ccccc5)[nH]4)cc(c1-3)OC2. The summed E-state index contributed by atoms with van der Waals surface area (Å²) < 4.78 is 18.1. The van der Waals surface area contributed by atoms with Crippen LogP contribution in [0.4, 0.5) is 4.79 Å². The molecule has 0 unspecified atom stereocenters. The van der Waals surface area contributed by atoms with Gasteiger partial charge in [0.1, 0.15) is 36.6 Å². The zero-order chi connectivity index (χ0) is 38.2. The predicted octanol–water partition coefficient (Wildman–Crippen LogP) is 7.07. The van der Waals surface area contributed by atoms with Gasteiger partial charge in [-0.3, -0.25) is 9.79 Å². The number of hydrogen-bond donors (Lipinski definition) is 3. The molecule has 4 aromatic rings. The Kier molecular flexibility index (Phi) is 12.3. The van der Waals surface area contributed by atoms with E-state index in [1.807, 2.05) is 62.8 Å². The third kappa shape index (κ3) is 8.77. The summed E-state index contributed by atoms with van der Waals surface area (Å²) in [6.45, 7) is 11.0. The van der Waals surface area contributed by atoms with Gasteiger partial charge in [-0.05, 0) is 70.1 Å². The Morgan fingerprint density at radius 3 is 2.39 bits per heavy atom. The molecule has 3 N–H and O–H groups in total. The number of carbonyl (C=O) groups is 2. The molecule has 0 aliphatic carbocycles. The van der Waals surface area contributed by atoms with Gasteiger partial charge in [0.25, 0.3) is 0 Å². The highest BCUT2D eigenvalue weighted by molar-refractivity contribution is 5.89. The van der Waals surface area contributed by atoms with Crippen molar-refractivity contribution < 1.29 is 23.8 Å². The Labute approximate surface area is 317 Å². The van der Waals surface area contributed by atoms with Crippen molar-refractivity contribution >= 4 is 23.9 Å². The highest BCUT2D eigenvalue weighted by Crippen LogP contribution is 2.50. The van der Waals surface area contributed by atoms with Gasteiger partial charge in [0, 0.05) is 59.7 Å². The number of aromatic nitrogens is 2. The average molecular weight is 734 g/mol. The maximum Gasteiger partial charge on any atom is 0.408 e. The minimum atomic E-state index is -0.912. The maximum atomic E-state index is 14.0. The fourth-order valence-corrected chi connectivity index (χ4v) is 6.85. The number of imidazole rings is 1. The van der Waals surface area contributed by atoms with Gasteiger partial charge in [0.2, 0.25) is 5.91 Å². The first-order chi connectivity index (χ1) is 26.2. The Balaban J connectivity index is 1.22. The Bertz CT molecular complexity index is 1950. The highest BCUT2D eigenvalue weighted by Gasteiger charge is 2.31. The lowest BCUT2D eigenvalue weighted by Gasteiger charge is -2.30. The molecule has 0 fully saturated rings. The van der Waals surface area contributed by atoms with Gasteiger partial charge in [-0.15, -0.1) is 0 Å². The van der Waals surface area contributed by atoms with E-state index in [4.69, 9.17) is 14.2 Å². The Morgan fingerprint density at radius 1 is 1.00 bits per heavy atom. The fraction of sp³-hybridized carbons (Fsp3) is 0.381. The predicted molar refractivity (Wildman–Crippen MR) is 211 cm³/mol. The summed E-state index contributed by atoms with van der Waals surface area (Å²) >= 11 is 0. The summed E-state index contributed by atoms with van der Waals surface area (Å²) in [6.07, 6.45) is 6.42. The lowest BCUT2D eigenvalue weighted by Crippen LogP contribution is -2.43. The zero-order valence-corrected chi connectivity index (χ0v) is 32.1. The fourth-order valence-electron chi connectivity index (χ4n) is 6.85. The number of nitrogens with one attached hydrogen (secondary N) is 3. The summed E-state index contributed by atoms with van der Waals surface area (Å²) in [5.41, 5.74) is 8.46. The van der Waals surface area contributed by atoms with Crippen LogP contribution in [0.25, 0.3) is 28.1 Å². The molecule has 0 spiro atoms. The second kappa shape index (κ2) is 17.5. The summed E-state index contributed by atoms with van der Waals surface area (Å²) in [4.78, 5) is 43.3. The van der Waals surface area contributed by atoms with Crippen LogP contribution in [-0.4, -0.2) is 77.8 Å². The minimum absolute atomic E-state index is 0.234. The van der Waals surface area contributed by atoms with Gasteiger partial charge < -0.3 is 39.6 Å². The zero-order valence-electron chi connectivity index (χ0n) is 32.1. The van der Waals surface area contributed by atoms with Gasteiger partial charge in [-0.2, -0.15) is 0 Å². The summed E-state index contributed by atoms with van der Waals surface area (Å²) in [5.74, 6) is 1.99. The standard InChI is InChI=1S/C42H51N7O5/c1-7-15-48(6)17-14-44-22-33(43-5)29-18-31-25-53-36-21-30(19-32-26-52-35(20-29)38(31)39(32)36)34-23-45-37(46-34)24-49(16-8-2)41(50)40(28-12-10-9-11-13-28)47-42(51)54-27(3)4/h9-14,18-23,27,40,43H,7-8,15-17,24-26H2,1-6H3,(H,45,46)(H,47,51)/b33-22-,44-14+/t40-/m1/s1. The highest BCUT2D eigenvalue weighted by atomic mass is 16.6. The van der Waals surface area contributed by atoms with Crippen molar-refractivity contribution in [2.45, 2.75) is 72.4 Å². The van der Waals surface area contributed by atoms with Gasteiger partial charge >= 0.3 is 6.09 Å². The van der Waals surface area contributed by atoms with Crippen LogP contribution < -0.4 is 20.1 Å². The molecule has 0 saturated carbocycles. The van der Waals surface area contributed by atoms with Crippen LogP contribution in [0.5, 0.6) is 11.5 Å². The number of ether oxygens (including phenoxy) is 3. The molecule has 284 valence electrons. The number of aliphatic imine (C=N–C) groups is 1. The second-order valence-electron chi connectivity index (χ2n) is 13.9. The van der Waals surface area contributed by atoms with Gasteiger partial charge in [-0.25, -0.2) is 9.78 Å². The number of H-pyrrole nitrogens is 1. The van der Waals surface area contributed by atoms with Crippen LogP contribution in [0.3, 0.4) is 0 Å². The van der Waals surface area contributed by atoms with Crippen molar-refractivity contribution in [2.24, 2.45) is 4.99 Å². The molecule has 6 rings (SSSR count). The molecule has 0 bridgehead atoms. The van der Waals surface area contributed by atoms with Crippen LogP contribution >= 0.6 is 0 Å². The van der Waals surface area contributed by atoms with Crippen molar-refractivity contribution in [1.29, 1.82) is 0 Å². The topological polar surface area (TPSA) is 133 Å². The molecule has 2 aliphatic rings. The molecule has 0 radical (unpaired) electrons. The van der Waals surface area contributed by atoms with Gasteiger partial charge in [0.15, 0.2) is 0 Å². The lowest BCUT2D eigenvalue weighted by atomic mass is 9.87. The Hall–Kier alpha value is -5.62. The van der Waals surface area contributed by atoms with Gasteiger partial charge in [-0.1, -0.05) is 44.2 Å². The van der Waals surface area contributed by atoms with Crippen LogP contribution in [0.2, 0.25) is 0 Å². The van der Waals surface area contributed by atoms with Crippen molar-refractivity contribution in [1.82, 2.24) is 30.4 Å². The minimum Gasteiger partial charge on any atom is -0.488 e. The molecule has 12 heteroatoms. The van der Waals surface area contributed by atoms with Crippen molar-refractivity contribution in [2.75, 3.05) is 33.7 Å². The monoisotopic (exact) mass is 733 g/mol. The van der Waals surface area contributed by atoms with E-state index in [9.17, 15) is 9.59 Å². The molecule has 12 nitrogen and oxygen atoms in total. The molecule has 3 heterocycles. The number of hydrogen-bond acceptors (Lipinski definition) is 9. The molecule has 2 aliphatic heterocycles.